The van der Waals surface area contributed by atoms with Crippen molar-refractivity contribution in [3.63, 3.8) is 0 Å². The number of benzene rings is 1. The topological polar surface area (TPSA) is 58.6 Å². The monoisotopic (exact) mass is 342 g/mol. The van der Waals surface area contributed by atoms with Gasteiger partial charge < -0.3 is 15.0 Å². The molecule has 0 spiro atoms. The second-order valence-electron chi connectivity index (χ2n) is 7.53. The number of carbonyl (C=O) groups is 2. The fourth-order valence-corrected chi connectivity index (χ4v) is 4.28. The van der Waals surface area contributed by atoms with Gasteiger partial charge in [0.1, 0.15) is 6.04 Å². The van der Waals surface area contributed by atoms with Crippen LogP contribution in [0.15, 0.2) is 30.3 Å². The van der Waals surface area contributed by atoms with Crippen LogP contribution < -0.4 is 5.32 Å². The lowest BCUT2D eigenvalue weighted by atomic mass is 10.0. The van der Waals surface area contributed by atoms with Gasteiger partial charge in [-0.05, 0) is 36.7 Å². The van der Waals surface area contributed by atoms with Gasteiger partial charge in [0.25, 0.3) is 0 Å². The molecule has 4 rings (SSSR count). The molecule has 5 heteroatoms. The van der Waals surface area contributed by atoms with E-state index in [0.29, 0.717) is 31.5 Å². The Morgan fingerprint density at radius 3 is 2.44 bits per heavy atom. The van der Waals surface area contributed by atoms with Crippen LogP contribution in [0.1, 0.15) is 24.8 Å². The Hall–Kier alpha value is -1.88. The number of nitrogens with one attached hydrogen (secondary N) is 1. The number of rotatable bonds is 5. The van der Waals surface area contributed by atoms with Crippen LogP contribution in [-0.4, -0.2) is 49.1 Å². The van der Waals surface area contributed by atoms with Gasteiger partial charge in [0, 0.05) is 25.4 Å². The van der Waals surface area contributed by atoms with Crippen LogP contribution >= 0.6 is 0 Å². The van der Waals surface area contributed by atoms with E-state index >= 15 is 0 Å². The largest absolute Gasteiger partial charge is 0.381 e. The average Bonchev–Trinajstić information content (AvgIpc) is 3.15. The highest BCUT2D eigenvalue weighted by Crippen LogP contribution is 2.50. The molecule has 2 unspecified atom stereocenters. The number of hydrogen-bond donors (Lipinski definition) is 1. The second-order valence-corrected chi connectivity index (χ2v) is 7.53. The van der Waals surface area contributed by atoms with Gasteiger partial charge in [-0.2, -0.15) is 0 Å². The molecule has 2 aliphatic heterocycles. The van der Waals surface area contributed by atoms with Crippen LogP contribution in [-0.2, 0) is 20.7 Å². The lowest BCUT2D eigenvalue weighted by molar-refractivity contribution is -0.137. The van der Waals surface area contributed by atoms with E-state index in [0.717, 1.165) is 31.5 Å². The Balaban J connectivity index is 1.44. The van der Waals surface area contributed by atoms with Gasteiger partial charge in [-0.3, -0.25) is 9.59 Å². The molecule has 1 aliphatic carbocycles. The normalized spacial score (nSPS) is 29.0. The van der Waals surface area contributed by atoms with Crippen molar-refractivity contribution >= 4 is 11.8 Å². The molecular formula is C20H26N2O3. The Bertz CT molecular complexity index is 617. The molecule has 0 radical (unpaired) electrons. The molecule has 1 aromatic rings. The molecule has 2 saturated heterocycles. The highest BCUT2D eigenvalue weighted by atomic mass is 16.5. The smallest absolute Gasteiger partial charge is 0.245 e. The molecule has 0 aromatic heterocycles. The first-order valence-electron chi connectivity index (χ1n) is 9.45. The average molecular weight is 342 g/mol. The maximum atomic E-state index is 13.0. The van der Waals surface area contributed by atoms with E-state index in [2.05, 4.69) is 5.32 Å². The van der Waals surface area contributed by atoms with Crippen LogP contribution in [0.2, 0.25) is 0 Å². The number of piperidine rings is 1. The number of ether oxygens (including phenoxy) is 1. The van der Waals surface area contributed by atoms with Crippen LogP contribution in [0, 0.1) is 17.8 Å². The van der Waals surface area contributed by atoms with Crippen molar-refractivity contribution in [2.45, 2.75) is 31.7 Å². The number of fused-ring (bicyclic) bond motifs is 1. The van der Waals surface area contributed by atoms with Crippen molar-refractivity contribution < 1.29 is 14.3 Å². The van der Waals surface area contributed by atoms with Crippen molar-refractivity contribution in [1.82, 2.24) is 10.2 Å². The SMILES string of the molecule is O=C(NC(Cc1ccccc1)C(=O)N1CCCCC1)C1[C@H]2COC[C@@H]12. The third-order valence-corrected chi connectivity index (χ3v) is 5.82. The molecule has 5 nitrogen and oxygen atoms in total. The molecule has 1 N–H and O–H groups in total. The minimum atomic E-state index is -0.463. The molecule has 134 valence electrons. The van der Waals surface area contributed by atoms with Gasteiger partial charge in [-0.15, -0.1) is 0 Å². The van der Waals surface area contributed by atoms with Gasteiger partial charge in [-0.1, -0.05) is 30.3 Å². The molecule has 2 heterocycles. The lowest BCUT2D eigenvalue weighted by Crippen LogP contribution is -2.51. The predicted octanol–water partition coefficient (Wildman–Crippen LogP) is 1.62. The zero-order valence-electron chi connectivity index (χ0n) is 14.5. The van der Waals surface area contributed by atoms with Crippen molar-refractivity contribution in [2.24, 2.45) is 17.8 Å². The minimum Gasteiger partial charge on any atom is -0.381 e. The fourth-order valence-electron chi connectivity index (χ4n) is 4.28. The summed E-state index contributed by atoms with van der Waals surface area (Å²) in [5.74, 6) is 0.870. The molecular weight excluding hydrogens is 316 g/mol. The molecule has 4 atom stereocenters. The minimum absolute atomic E-state index is 0.0320. The van der Waals surface area contributed by atoms with E-state index in [-0.39, 0.29) is 17.7 Å². The first kappa shape index (κ1) is 16.6. The van der Waals surface area contributed by atoms with Crippen molar-refractivity contribution in [3.05, 3.63) is 35.9 Å². The van der Waals surface area contributed by atoms with E-state index < -0.39 is 6.04 Å². The van der Waals surface area contributed by atoms with Crippen LogP contribution in [0.3, 0.4) is 0 Å². The first-order valence-corrected chi connectivity index (χ1v) is 9.45. The van der Waals surface area contributed by atoms with Crippen LogP contribution in [0.4, 0.5) is 0 Å². The Morgan fingerprint density at radius 2 is 1.76 bits per heavy atom. The van der Waals surface area contributed by atoms with Gasteiger partial charge >= 0.3 is 0 Å². The molecule has 1 aromatic carbocycles. The highest BCUT2D eigenvalue weighted by Gasteiger charge is 2.58. The van der Waals surface area contributed by atoms with E-state index in [1.807, 2.05) is 35.2 Å². The molecule has 0 bridgehead atoms. The number of amides is 2. The number of hydrogen-bond acceptors (Lipinski definition) is 3. The summed E-state index contributed by atoms with van der Waals surface area (Å²) >= 11 is 0. The maximum absolute atomic E-state index is 13.0. The van der Waals surface area contributed by atoms with Gasteiger partial charge in [0.15, 0.2) is 0 Å². The van der Waals surface area contributed by atoms with E-state index in [1.54, 1.807) is 0 Å². The zero-order chi connectivity index (χ0) is 17.2. The van der Waals surface area contributed by atoms with Gasteiger partial charge in [0.2, 0.25) is 11.8 Å². The maximum Gasteiger partial charge on any atom is 0.245 e. The summed E-state index contributed by atoms with van der Waals surface area (Å²) in [7, 11) is 0. The summed E-state index contributed by atoms with van der Waals surface area (Å²) in [5.41, 5.74) is 1.08. The molecule has 3 aliphatic rings. The number of nitrogens with zero attached hydrogens (tertiary/aromatic N) is 1. The quantitative estimate of drug-likeness (QED) is 0.885. The first-order chi connectivity index (χ1) is 12.2. The third-order valence-electron chi connectivity index (χ3n) is 5.82. The lowest BCUT2D eigenvalue weighted by Gasteiger charge is -2.31. The zero-order valence-corrected chi connectivity index (χ0v) is 14.5. The highest BCUT2D eigenvalue weighted by molar-refractivity contribution is 5.90. The molecule has 3 fully saturated rings. The van der Waals surface area contributed by atoms with Crippen LogP contribution in [0.5, 0.6) is 0 Å². The van der Waals surface area contributed by atoms with E-state index in [1.165, 1.54) is 6.42 Å². The predicted molar refractivity (Wildman–Crippen MR) is 93.8 cm³/mol. The summed E-state index contributed by atoms with van der Waals surface area (Å²) in [4.78, 5) is 27.6. The summed E-state index contributed by atoms with van der Waals surface area (Å²) < 4.78 is 5.37. The van der Waals surface area contributed by atoms with Crippen LogP contribution in [0.25, 0.3) is 0 Å². The molecule has 25 heavy (non-hydrogen) atoms. The molecule has 1 saturated carbocycles. The Morgan fingerprint density at radius 1 is 1.08 bits per heavy atom. The number of carbonyl (C=O) groups excluding carboxylic acids is 2. The Labute approximate surface area is 148 Å². The fraction of sp³-hybridized carbons (Fsp3) is 0.600. The number of likely N-dealkylation sites (tertiary alicyclic amines) is 1. The summed E-state index contributed by atoms with van der Waals surface area (Å²) in [6.07, 6.45) is 3.86. The Kier molecular flexibility index (Phi) is 4.75. The molecule has 2 amide bonds. The third kappa shape index (κ3) is 3.56. The summed E-state index contributed by atoms with van der Waals surface area (Å²) in [6, 6.07) is 9.49. The van der Waals surface area contributed by atoms with Crippen molar-refractivity contribution in [2.75, 3.05) is 26.3 Å². The van der Waals surface area contributed by atoms with E-state index in [4.69, 9.17) is 4.74 Å². The summed E-state index contributed by atoms with van der Waals surface area (Å²) in [6.45, 7) is 2.99. The standard InChI is InChI=1S/C20H26N2O3/c23-19(18-15-12-25-13-16(15)18)21-17(11-14-7-3-1-4-8-14)20(24)22-9-5-2-6-10-22/h1,3-4,7-8,15-18H,2,5-6,9-13H2,(H,21,23)/t15-,16+,17?,18?. The second kappa shape index (κ2) is 7.16. The van der Waals surface area contributed by atoms with Gasteiger partial charge in [0.05, 0.1) is 13.2 Å². The van der Waals surface area contributed by atoms with Crippen molar-refractivity contribution in [1.29, 1.82) is 0 Å². The van der Waals surface area contributed by atoms with Crippen molar-refractivity contribution in [3.8, 4) is 0 Å². The van der Waals surface area contributed by atoms with E-state index in [9.17, 15) is 9.59 Å². The summed E-state index contributed by atoms with van der Waals surface area (Å²) in [5, 5.41) is 3.07. The van der Waals surface area contributed by atoms with Gasteiger partial charge in [-0.25, -0.2) is 0 Å².